The number of rotatable bonds is 3. The summed E-state index contributed by atoms with van der Waals surface area (Å²) in [7, 11) is 1.69. The van der Waals surface area contributed by atoms with Gasteiger partial charge in [-0.15, -0.1) is 0 Å². The Morgan fingerprint density at radius 3 is 2.24 bits per heavy atom. The summed E-state index contributed by atoms with van der Waals surface area (Å²) in [5, 5.41) is 0.546. The second-order valence-corrected chi connectivity index (χ2v) is 5.38. The van der Waals surface area contributed by atoms with Crippen molar-refractivity contribution in [3.8, 4) is 5.75 Å². The Hall–Kier alpha value is -1.94. The summed E-state index contributed by atoms with van der Waals surface area (Å²) in [6.07, 6.45) is 0. The first-order valence-electron chi connectivity index (χ1n) is 7.03. The number of methoxy groups -OCH3 is 1. The van der Waals surface area contributed by atoms with E-state index in [0.717, 1.165) is 37.7 Å². The fourth-order valence-electron chi connectivity index (χ4n) is 2.56. The minimum absolute atomic E-state index is 0.546. The summed E-state index contributed by atoms with van der Waals surface area (Å²) in [5.74, 6) is 1.84. The lowest BCUT2D eigenvalue weighted by molar-refractivity contribution is 0.415. The lowest BCUT2D eigenvalue weighted by Crippen LogP contribution is -2.46. The van der Waals surface area contributed by atoms with Gasteiger partial charge >= 0.3 is 0 Å². The molecule has 2 heterocycles. The van der Waals surface area contributed by atoms with Crippen molar-refractivity contribution in [1.82, 2.24) is 4.98 Å². The molecule has 0 N–H and O–H groups in total. The van der Waals surface area contributed by atoms with Gasteiger partial charge < -0.3 is 14.5 Å². The minimum atomic E-state index is 0.546. The molecule has 0 saturated carbocycles. The molecule has 0 unspecified atom stereocenters. The van der Waals surface area contributed by atoms with Crippen LogP contribution in [0.25, 0.3) is 0 Å². The monoisotopic (exact) mass is 303 g/mol. The third-order valence-corrected chi connectivity index (χ3v) is 3.95. The number of nitrogens with zero attached hydrogens (tertiary/aromatic N) is 3. The summed E-state index contributed by atoms with van der Waals surface area (Å²) in [6, 6.07) is 14.0. The van der Waals surface area contributed by atoms with E-state index in [1.165, 1.54) is 5.69 Å². The summed E-state index contributed by atoms with van der Waals surface area (Å²) in [6.45, 7) is 3.83. The zero-order valence-electron chi connectivity index (χ0n) is 12.0. The van der Waals surface area contributed by atoms with Gasteiger partial charge in [0.25, 0.3) is 0 Å². The topological polar surface area (TPSA) is 28.6 Å². The first-order chi connectivity index (χ1) is 10.3. The Labute approximate surface area is 129 Å². The number of hydrogen-bond acceptors (Lipinski definition) is 4. The average Bonchev–Trinajstić information content (AvgIpc) is 2.55. The molecular formula is C16H18ClN3O. The first kappa shape index (κ1) is 14.0. The number of aromatic nitrogens is 1. The third-order valence-electron chi connectivity index (χ3n) is 3.74. The molecule has 2 aromatic rings. The Kier molecular flexibility index (Phi) is 4.15. The van der Waals surface area contributed by atoms with Crippen molar-refractivity contribution in [2.45, 2.75) is 0 Å². The highest BCUT2D eigenvalue weighted by atomic mass is 35.5. The number of ether oxygens (including phenoxy) is 1. The minimum Gasteiger partial charge on any atom is -0.497 e. The van der Waals surface area contributed by atoms with Gasteiger partial charge in [0.15, 0.2) is 0 Å². The summed E-state index contributed by atoms with van der Waals surface area (Å²) >= 11 is 5.96. The summed E-state index contributed by atoms with van der Waals surface area (Å²) in [5.41, 5.74) is 1.23. The van der Waals surface area contributed by atoms with Crippen molar-refractivity contribution in [1.29, 1.82) is 0 Å². The molecule has 1 aromatic carbocycles. The molecule has 0 amide bonds. The third kappa shape index (κ3) is 3.22. The van der Waals surface area contributed by atoms with E-state index in [0.29, 0.717) is 5.15 Å². The Bertz CT molecular complexity index is 595. The molecule has 110 valence electrons. The largest absolute Gasteiger partial charge is 0.497 e. The van der Waals surface area contributed by atoms with Gasteiger partial charge in [0.1, 0.15) is 16.7 Å². The molecule has 21 heavy (non-hydrogen) atoms. The van der Waals surface area contributed by atoms with E-state index in [9.17, 15) is 0 Å². The Morgan fingerprint density at radius 2 is 1.62 bits per heavy atom. The standard InChI is InChI=1S/C16H18ClN3O/c1-21-14-7-5-13(6-8-14)19-9-11-20(12-10-19)16-4-2-3-15(17)18-16/h2-8H,9-12H2,1H3. The summed E-state index contributed by atoms with van der Waals surface area (Å²) in [4.78, 5) is 9.02. The average molecular weight is 304 g/mol. The van der Waals surface area contributed by atoms with Gasteiger partial charge in [0.05, 0.1) is 7.11 Å². The number of anilines is 2. The predicted octanol–water partition coefficient (Wildman–Crippen LogP) is 3.07. The maximum absolute atomic E-state index is 5.96. The molecule has 3 rings (SSSR count). The van der Waals surface area contributed by atoms with Crippen LogP contribution in [-0.4, -0.2) is 38.3 Å². The summed E-state index contributed by atoms with van der Waals surface area (Å²) < 4.78 is 5.20. The van der Waals surface area contributed by atoms with Gasteiger partial charge in [-0.25, -0.2) is 4.98 Å². The van der Waals surface area contributed by atoms with Crippen LogP contribution in [0.1, 0.15) is 0 Å². The van der Waals surface area contributed by atoms with Crippen LogP contribution in [0.4, 0.5) is 11.5 Å². The van der Waals surface area contributed by atoms with Crippen LogP contribution >= 0.6 is 11.6 Å². The van der Waals surface area contributed by atoms with Crippen LogP contribution in [0.2, 0.25) is 5.15 Å². The second kappa shape index (κ2) is 6.22. The van der Waals surface area contributed by atoms with E-state index in [4.69, 9.17) is 16.3 Å². The molecule has 4 nitrogen and oxygen atoms in total. The van der Waals surface area contributed by atoms with E-state index in [-0.39, 0.29) is 0 Å². The highest BCUT2D eigenvalue weighted by Gasteiger charge is 2.18. The first-order valence-corrected chi connectivity index (χ1v) is 7.40. The highest BCUT2D eigenvalue weighted by Crippen LogP contribution is 2.22. The number of halogens is 1. The van der Waals surface area contributed by atoms with E-state index < -0.39 is 0 Å². The highest BCUT2D eigenvalue weighted by molar-refractivity contribution is 6.29. The van der Waals surface area contributed by atoms with Crippen molar-refractivity contribution >= 4 is 23.1 Å². The zero-order valence-corrected chi connectivity index (χ0v) is 12.8. The second-order valence-electron chi connectivity index (χ2n) is 4.99. The van der Waals surface area contributed by atoms with Gasteiger partial charge in [-0.05, 0) is 36.4 Å². The molecule has 0 spiro atoms. The molecule has 1 aliphatic rings. The maximum Gasteiger partial charge on any atom is 0.131 e. The van der Waals surface area contributed by atoms with Gasteiger partial charge in [-0.1, -0.05) is 17.7 Å². The zero-order chi connectivity index (χ0) is 14.7. The van der Waals surface area contributed by atoms with E-state index in [2.05, 4.69) is 26.9 Å². The van der Waals surface area contributed by atoms with Crippen LogP contribution in [0.3, 0.4) is 0 Å². The lowest BCUT2D eigenvalue weighted by Gasteiger charge is -2.36. The number of benzene rings is 1. The number of pyridine rings is 1. The fourth-order valence-corrected chi connectivity index (χ4v) is 2.72. The van der Waals surface area contributed by atoms with Crippen LogP contribution in [0.5, 0.6) is 5.75 Å². The normalized spacial score (nSPS) is 15.1. The molecular weight excluding hydrogens is 286 g/mol. The van der Waals surface area contributed by atoms with Gasteiger partial charge in [0.2, 0.25) is 0 Å². The molecule has 5 heteroatoms. The fraction of sp³-hybridized carbons (Fsp3) is 0.312. The molecule has 0 aliphatic carbocycles. The predicted molar refractivity (Wildman–Crippen MR) is 86.7 cm³/mol. The lowest BCUT2D eigenvalue weighted by atomic mass is 10.2. The van der Waals surface area contributed by atoms with Crippen LogP contribution in [-0.2, 0) is 0 Å². The molecule has 1 saturated heterocycles. The molecule has 0 radical (unpaired) electrons. The molecule has 0 atom stereocenters. The molecule has 0 bridgehead atoms. The smallest absolute Gasteiger partial charge is 0.131 e. The van der Waals surface area contributed by atoms with E-state index in [1.54, 1.807) is 13.2 Å². The van der Waals surface area contributed by atoms with Crippen molar-refractivity contribution in [2.24, 2.45) is 0 Å². The van der Waals surface area contributed by atoms with Gasteiger partial charge in [-0.3, -0.25) is 0 Å². The van der Waals surface area contributed by atoms with Crippen molar-refractivity contribution in [3.05, 3.63) is 47.6 Å². The van der Waals surface area contributed by atoms with Crippen LogP contribution in [0.15, 0.2) is 42.5 Å². The Balaban J connectivity index is 1.64. The van der Waals surface area contributed by atoms with E-state index >= 15 is 0 Å². The maximum atomic E-state index is 5.96. The van der Waals surface area contributed by atoms with Gasteiger partial charge in [-0.2, -0.15) is 0 Å². The van der Waals surface area contributed by atoms with Crippen LogP contribution < -0.4 is 14.5 Å². The van der Waals surface area contributed by atoms with Gasteiger partial charge in [0, 0.05) is 31.9 Å². The molecule has 1 fully saturated rings. The van der Waals surface area contributed by atoms with Crippen molar-refractivity contribution in [2.75, 3.05) is 43.1 Å². The number of piperazine rings is 1. The molecule has 1 aromatic heterocycles. The number of hydrogen-bond donors (Lipinski definition) is 0. The van der Waals surface area contributed by atoms with E-state index in [1.807, 2.05) is 24.3 Å². The van der Waals surface area contributed by atoms with Crippen LogP contribution in [0, 0.1) is 0 Å². The van der Waals surface area contributed by atoms with Crippen molar-refractivity contribution < 1.29 is 4.74 Å². The quantitative estimate of drug-likeness (QED) is 0.815. The Morgan fingerprint density at radius 1 is 0.952 bits per heavy atom. The SMILES string of the molecule is COc1ccc(N2CCN(c3cccc(Cl)n3)CC2)cc1. The molecule has 1 aliphatic heterocycles. The van der Waals surface area contributed by atoms with Crippen molar-refractivity contribution in [3.63, 3.8) is 0 Å².